The van der Waals surface area contributed by atoms with Gasteiger partial charge < -0.3 is 4.98 Å². The number of aryl methyl sites for hydroxylation is 2. The monoisotopic (exact) mass is 893 g/mol. The molecular formula is C42H39FGeIrN2S-2. The van der Waals surface area contributed by atoms with Gasteiger partial charge in [0.2, 0.25) is 0 Å². The Kier molecular flexibility index (Phi) is 9.53. The van der Waals surface area contributed by atoms with Crippen LogP contribution in [0.4, 0.5) is 4.39 Å². The third kappa shape index (κ3) is 7.55. The minimum Gasteiger partial charge on any atom is -0.304 e. The first-order chi connectivity index (χ1) is 24.0. The Bertz CT molecular complexity index is 2350. The second-order valence-electron chi connectivity index (χ2n) is 12.9. The van der Waals surface area contributed by atoms with Gasteiger partial charge in [0.1, 0.15) is 5.82 Å². The largest absolute Gasteiger partial charge is 0.304 e. The fourth-order valence-corrected chi connectivity index (χ4v) is 10.2. The molecule has 0 saturated carbocycles. The molecule has 0 aliphatic rings. The van der Waals surface area contributed by atoms with Gasteiger partial charge in [0.15, 0.2) is 0 Å². The van der Waals surface area contributed by atoms with Crippen LogP contribution in [0.3, 0.4) is 0 Å². The van der Waals surface area contributed by atoms with E-state index in [0.29, 0.717) is 16.0 Å². The van der Waals surface area contributed by atoms with Gasteiger partial charge in [-0.25, -0.2) is 4.39 Å². The van der Waals surface area contributed by atoms with Crippen LogP contribution in [0.2, 0.25) is 17.3 Å². The minimum absolute atomic E-state index is 0. The molecule has 3 aromatic heterocycles. The molecule has 6 heteroatoms. The predicted octanol–water partition coefficient (Wildman–Crippen LogP) is 11.6. The first-order valence-corrected chi connectivity index (χ1v) is 23.8. The van der Waals surface area contributed by atoms with Crippen LogP contribution < -0.4 is 4.40 Å². The van der Waals surface area contributed by atoms with Crippen LogP contribution in [0.25, 0.3) is 53.8 Å². The fourth-order valence-electron chi connectivity index (χ4n) is 5.64. The van der Waals surface area contributed by atoms with Gasteiger partial charge in [0.05, 0.1) is 4.70 Å². The van der Waals surface area contributed by atoms with Crippen molar-refractivity contribution in [3.05, 3.63) is 138 Å². The molecule has 2 nitrogen and oxygen atoms in total. The molecule has 0 saturated heterocycles. The van der Waals surface area contributed by atoms with Gasteiger partial charge >= 0.3 is 127 Å². The standard InChI is InChI=1S/C24H15FNS.C18H24GeN.Ir/c1-15-14-26-22(13-20(15)16-7-3-2-4-8-16)19-11-5-9-17-18-10-6-12-21(25)24(18)27-23(17)19;1-13(2)16-11-18(15-9-7-14(3)8-10-15)20-12-17(16)19(4,5)6;/h2-10,12-14H,1H3;7-9,11-13H,1-6H3;/q2*-1;/i1D3;13D;. The normalized spacial score (nSPS) is 13.1. The molecule has 245 valence electrons. The van der Waals surface area contributed by atoms with E-state index in [4.69, 9.17) is 5.48 Å². The quantitative estimate of drug-likeness (QED) is 0.127. The second-order valence-corrected chi connectivity index (χ2v) is 24.5. The van der Waals surface area contributed by atoms with Crippen LogP contribution in [0, 0.1) is 31.7 Å². The Morgan fingerprint density at radius 1 is 0.854 bits per heavy atom. The van der Waals surface area contributed by atoms with Crippen molar-refractivity contribution in [1.29, 1.82) is 0 Å². The van der Waals surface area contributed by atoms with E-state index in [2.05, 4.69) is 64.5 Å². The summed E-state index contributed by atoms with van der Waals surface area (Å²) in [6, 6.07) is 34.7. The molecule has 7 rings (SSSR count). The maximum Gasteiger partial charge on any atom is 0.140 e. The maximum atomic E-state index is 14.4. The van der Waals surface area contributed by atoms with Crippen molar-refractivity contribution in [3.8, 4) is 33.6 Å². The molecule has 0 aliphatic carbocycles. The first-order valence-electron chi connectivity index (χ1n) is 17.6. The number of thiophene rings is 1. The summed E-state index contributed by atoms with van der Waals surface area (Å²) in [5.41, 5.74) is 7.20. The molecule has 0 fully saturated rings. The number of nitrogens with zero attached hydrogens (tertiary/aromatic N) is 2. The number of benzene rings is 4. The molecule has 4 aromatic carbocycles. The van der Waals surface area contributed by atoms with Crippen LogP contribution in [0.1, 0.15) is 41.9 Å². The van der Waals surface area contributed by atoms with Gasteiger partial charge in [0, 0.05) is 30.4 Å². The van der Waals surface area contributed by atoms with E-state index in [1.165, 1.54) is 33.6 Å². The molecule has 0 bridgehead atoms. The van der Waals surface area contributed by atoms with E-state index in [9.17, 15) is 4.39 Å². The Morgan fingerprint density at radius 3 is 2.29 bits per heavy atom. The van der Waals surface area contributed by atoms with Gasteiger partial charge in [-0.15, -0.1) is 23.8 Å². The molecule has 7 aromatic rings. The smallest absolute Gasteiger partial charge is 0.140 e. The first kappa shape index (κ1) is 30.6. The summed E-state index contributed by atoms with van der Waals surface area (Å²) < 4.78 is 49.4. The summed E-state index contributed by atoms with van der Waals surface area (Å²) in [5, 5.41) is 1.79. The number of hydrogen-bond acceptors (Lipinski definition) is 3. The summed E-state index contributed by atoms with van der Waals surface area (Å²) >= 11 is -0.673. The van der Waals surface area contributed by atoms with Gasteiger partial charge in [-0.2, -0.15) is 11.3 Å². The molecule has 0 amide bonds. The molecule has 0 N–H and O–H groups in total. The third-order valence-electron chi connectivity index (χ3n) is 8.15. The second kappa shape index (κ2) is 15.0. The number of halogens is 1. The summed E-state index contributed by atoms with van der Waals surface area (Å²) in [4.78, 5) is 9.12. The van der Waals surface area contributed by atoms with E-state index in [-0.39, 0.29) is 31.5 Å². The van der Waals surface area contributed by atoms with Crippen molar-refractivity contribution in [3.63, 3.8) is 0 Å². The van der Waals surface area contributed by atoms with Crippen molar-refractivity contribution in [1.82, 2.24) is 9.97 Å². The van der Waals surface area contributed by atoms with E-state index >= 15 is 0 Å². The SMILES string of the molecule is [2H]C(C)(C)c1cc(-c2[c-]cc(C)cc2)nc[c]1[Ge]([CH3])([CH3])[CH3].[2H]C([2H])([2H])c1cnc(-c2[c-]ccc3c2sc2c(F)cccc23)cc1-c1ccccc1.[Ir]. The minimum atomic E-state index is -2.28. The Hall–Kier alpha value is -3.48. The van der Waals surface area contributed by atoms with Gasteiger partial charge in [0.25, 0.3) is 0 Å². The van der Waals surface area contributed by atoms with Gasteiger partial charge in [-0.05, 0) is 45.4 Å². The molecule has 0 aliphatic heterocycles. The number of fused-ring (bicyclic) bond motifs is 3. The molecule has 48 heavy (non-hydrogen) atoms. The summed E-state index contributed by atoms with van der Waals surface area (Å²) in [7, 11) is 0. The van der Waals surface area contributed by atoms with E-state index in [0.717, 1.165) is 43.4 Å². The molecule has 0 spiro atoms. The van der Waals surface area contributed by atoms with Crippen LogP contribution >= 0.6 is 11.3 Å². The van der Waals surface area contributed by atoms with Crippen molar-refractivity contribution >= 4 is 49.2 Å². The zero-order chi connectivity index (χ0) is 36.7. The van der Waals surface area contributed by atoms with Crippen molar-refractivity contribution in [2.24, 2.45) is 0 Å². The fraction of sp³-hybridized carbons (Fsp3) is 0.190. The number of aromatic nitrogens is 2. The van der Waals surface area contributed by atoms with Crippen LogP contribution in [-0.2, 0) is 20.1 Å². The Morgan fingerprint density at radius 2 is 1.60 bits per heavy atom. The average Bonchev–Trinajstić information content (AvgIpc) is 3.48. The Labute approximate surface area is 309 Å². The zero-order valence-corrected chi connectivity index (χ0v) is 33.1. The molecule has 3 heterocycles. The molecular weight excluding hydrogens is 848 g/mol. The van der Waals surface area contributed by atoms with Crippen molar-refractivity contribution in [2.75, 3.05) is 0 Å². The molecule has 1 radical (unpaired) electrons. The number of rotatable bonds is 5. The Balaban J connectivity index is 0.000000210. The summed E-state index contributed by atoms with van der Waals surface area (Å²) in [5.74, 6) is 6.20. The van der Waals surface area contributed by atoms with Crippen molar-refractivity contribution < 1.29 is 30.0 Å². The van der Waals surface area contributed by atoms with Crippen LogP contribution in [0.5, 0.6) is 0 Å². The van der Waals surface area contributed by atoms with Crippen LogP contribution in [-0.4, -0.2) is 23.2 Å². The molecule has 0 unspecified atom stereocenters. The third-order valence-corrected chi connectivity index (χ3v) is 13.6. The zero-order valence-electron chi connectivity index (χ0n) is 31.8. The van der Waals surface area contributed by atoms with E-state index in [1.807, 2.05) is 68.6 Å². The average molecular weight is 892 g/mol. The summed E-state index contributed by atoms with van der Waals surface area (Å²) in [6.45, 7) is 3.69. The van der Waals surface area contributed by atoms with Gasteiger partial charge in [-0.3, -0.25) is 0 Å². The topological polar surface area (TPSA) is 25.8 Å². The maximum absolute atomic E-state index is 14.4. The van der Waals surface area contributed by atoms with Gasteiger partial charge in [-0.1, -0.05) is 53.9 Å². The predicted molar refractivity (Wildman–Crippen MR) is 202 cm³/mol. The number of pyridine rings is 2. The molecule has 0 atom stereocenters. The number of hydrogen-bond donors (Lipinski definition) is 0. The van der Waals surface area contributed by atoms with E-state index < -0.39 is 26.0 Å². The van der Waals surface area contributed by atoms with Crippen molar-refractivity contribution in [2.45, 2.75) is 50.8 Å². The van der Waals surface area contributed by atoms with E-state index in [1.54, 1.807) is 18.2 Å². The summed E-state index contributed by atoms with van der Waals surface area (Å²) in [6.07, 6.45) is 3.43. The van der Waals surface area contributed by atoms with Crippen LogP contribution in [0.15, 0.2) is 103 Å².